The lowest BCUT2D eigenvalue weighted by Gasteiger charge is -2.31. The van der Waals surface area contributed by atoms with Gasteiger partial charge in [0.05, 0.1) is 10.7 Å². The van der Waals surface area contributed by atoms with Gasteiger partial charge in [0, 0.05) is 36.2 Å². The number of benzene rings is 2. The minimum Gasteiger partial charge on any atom is -0.347 e. The monoisotopic (exact) mass is 413 g/mol. The topological polar surface area (TPSA) is 20.2 Å². The lowest BCUT2D eigenvalue weighted by molar-refractivity contribution is 0.320. The van der Waals surface area contributed by atoms with Crippen LogP contribution in [0.3, 0.4) is 0 Å². The van der Waals surface area contributed by atoms with Gasteiger partial charge in [-0.2, -0.15) is 0 Å². The second-order valence-corrected chi connectivity index (χ2v) is 8.05. The number of hydrogen-bond acceptors (Lipinski definition) is 1. The SMILES string of the molecule is CCC(C)N(Cc1cn(CC)c2ccccc12)C(=S)Nc1ccc(C)cc1Cl. The van der Waals surface area contributed by atoms with Gasteiger partial charge < -0.3 is 14.8 Å². The molecular weight excluding hydrogens is 386 g/mol. The standard InChI is InChI=1S/C23H28ClN3S/c1-5-17(4)27(23(28)25-21-12-11-16(3)13-20(21)24)15-18-14-26(6-2)22-10-8-7-9-19(18)22/h7-14,17H,5-6,15H2,1-4H3,(H,25,28). The molecular formula is C23H28ClN3S. The number of halogens is 1. The summed E-state index contributed by atoms with van der Waals surface area (Å²) in [7, 11) is 0. The highest BCUT2D eigenvalue weighted by Gasteiger charge is 2.19. The predicted molar refractivity (Wildman–Crippen MR) is 125 cm³/mol. The lowest BCUT2D eigenvalue weighted by atomic mass is 10.1. The number of thiocarbonyl (C=S) groups is 1. The fraction of sp³-hybridized carbons (Fsp3) is 0.348. The summed E-state index contributed by atoms with van der Waals surface area (Å²) in [6, 6.07) is 14.9. The molecule has 1 aromatic heterocycles. The van der Waals surface area contributed by atoms with Crippen LogP contribution in [0.5, 0.6) is 0 Å². The van der Waals surface area contributed by atoms with Crippen LogP contribution in [-0.4, -0.2) is 20.6 Å². The van der Waals surface area contributed by atoms with E-state index in [1.807, 2.05) is 25.1 Å². The van der Waals surface area contributed by atoms with E-state index in [1.54, 1.807) is 0 Å². The molecule has 0 bridgehead atoms. The highest BCUT2D eigenvalue weighted by molar-refractivity contribution is 7.80. The summed E-state index contributed by atoms with van der Waals surface area (Å²) in [5, 5.41) is 6.04. The largest absolute Gasteiger partial charge is 0.347 e. The summed E-state index contributed by atoms with van der Waals surface area (Å²) in [5.41, 5.74) is 4.54. The Kier molecular flexibility index (Phi) is 6.63. The predicted octanol–water partition coefficient (Wildman–Crippen LogP) is 6.62. The Hall–Kier alpha value is -2.04. The Labute approximate surface area is 178 Å². The van der Waals surface area contributed by atoms with Crippen LogP contribution < -0.4 is 5.32 Å². The molecule has 1 N–H and O–H groups in total. The van der Waals surface area contributed by atoms with E-state index in [9.17, 15) is 0 Å². The number of nitrogens with one attached hydrogen (secondary N) is 1. The van der Waals surface area contributed by atoms with Crippen LogP contribution in [0, 0.1) is 6.92 Å². The molecule has 3 aromatic rings. The molecule has 3 rings (SSSR count). The van der Waals surface area contributed by atoms with Crippen molar-refractivity contribution in [2.45, 2.75) is 53.2 Å². The highest BCUT2D eigenvalue weighted by Crippen LogP contribution is 2.26. The van der Waals surface area contributed by atoms with E-state index < -0.39 is 0 Å². The van der Waals surface area contributed by atoms with Crippen LogP contribution in [0.15, 0.2) is 48.7 Å². The normalized spacial score (nSPS) is 12.2. The van der Waals surface area contributed by atoms with E-state index in [0.29, 0.717) is 16.2 Å². The molecule has 1 unspecified atom stereocenters. The average Bonchev–Trinajstić information content (AvgIpc) is 3.05. The van der Waals surface area contributed by atoms with Crippen molar-refractivity contribution in [1.82, 2.24) is 9.47 Å². The number of rotatable bonds is 6. The average molecular weight is 414 g/mol. The summed E-state index contributed by atoms with van der Waals surface area (Å²) in [6.07, 6.45) is 3.26. The summed E-state index contributed by atoms with van der Waals surface area (Å²) >= 11 is 12.2. The van der Waals surface area contributed by atoms with Gasteiger partial charge in [0.15, 0.2) is 5.11 Å². The smallest absolute Gasteiger partial charge is 0.174 e. The van der Waals surface area contributed by atoms with Crippen LogP contribution in [0.2, 0.25) is 5.02 Å². The Morgan fingerprint density at radius 1 is 1.21 bits per heavy atom. The third-order valence-corrected chi connectivity index (χ3v) is 5.95. The molecule has 0 aliphatic carbocycles. The first kappa shape index (κ1) is 20.7. The Morgan fingerprint density at radius 3 is 2.64 bits per heavy atom. The number of anilines is 1. The van der Waals surface area contributed by atoms with Crippen molar-refractivity contribution in [3.63, 3.8) is 0 Å². The maximum atomic E-state index is 6.41. The Morgan fingerprint density at radius 2 is 1.96 bits per heavy atom. The number of hydrogen-bond donors (Lipinski definition) is 1. The van der Waals surface area contributed by atoms with Crippen molar-refractivity contribution in [2.75, 3.05) is 5.32 Å². The molecule has 0 aliphatic heterocycles. The molecule has 1 heterocycles. The molecule has 0 radical (unpaired) electrons. The van der Waals surface area contributed by atoms with Crippen LogP contribution in [-0.2, 0) is 13.1 Å². The minimum absolute atomic E-state index is 0.313. The first-order valence-corrected chi connectivity index (χ1v) is 10.6. The van der Waals surface area contributed by atoms with Crippen molar-refractivity contribution in [1.29, 1.82) is 0 Å². The molecule has 0 fully saturated rings. The summed E-state index contributed by atoms with van der Waals surface area (Å²) in [4.78, 5) is 2.26. The Balaban J connectivity index is 1.90. The van der Waals surface area contributed by atoms with Gasteiger partial charge in [-0.1, -0.05) is 42.8 Å². The van der Waals surface area contributed by atoms with Crippen molar-refractivity contribution in [3.8, 4) is 0 Å². The maximum Gasteiger partial charge on any atom is 0.174 e. The third kappa shape index (κ3) is 4.34. The van der Waals surface area contributed by atoms with Gasteiger partial charge in [-0.3, -0.25) is 0 Å². The molecule has 28 heavy (non-hydrogen) atoms. The Bertz CT molecular complexity index is 979. The molecule has 2 aromatic carbocycles. The zero-order valence-corrected chi connectivity index (χ0v) is 18.6. The van der Waals surface area contributed by atoms with Gasteiger partial charge >= 0.3 is 0 Å². The van der Waals surface area contributed by atoms with Crippen LogP contribution in [0.1, 0.15) is 38.3 Å². The maximum absolute atomic E-state index is 6.41. The molecule has 1 atom stereocenters. The highest BCUT2D eigenvalue weighted by atomic mass is 35.5. The summed E-state index contributed by atoms with van der Waals surface area (Å²) in [5.74, 6) is 0. The lowest BCUT2D eigenvalue weighted by Crippen LogP contribution is -2.40. The number of aromatic nitrogens is 1. The zero-order valence-electron chi connectivity index (χ0n) is 17.0. The second-order valence-electron chi connectivity index (χ2n) is 7.26. The molecule has 3 nitrogen and oxygen atoms in total. The first-order chi connectivity index (χ1) is 13.4. The van der Waals surface area contributed by atoms with Gasteiger partial charge in [0.2, 0.25) is 0 Å². The van der Waals surface area contributed by atoms with E-state index in [0.717, 1.165) is 30.8 Å². The molecule has 0 aliphatic rings. The summed E-state index contributed by atoms with van der Waals surface area (Å²) in [6.45, 7) is 10.3. The fourth-order valence-electron chi connectivity index (χ4n) is 3.45. The van der Waals surface area contributed by atoms with E-state index >= 15 is 0 Å². The van der Waals surface area contributed by atoms with E-state index in [2.05, 4.69) is 66.0 Å². The van der Waals surface area contributed by atoms with Crippen LogP contribution >= 0.6 is 23.8 Å². The van der Waals surface area contributed by atoms with Gasteiger partial charge in [-0.15, -0.1) is 0 Å². The molecule has 148 valence electrons. The van der Waals surface area contributed by atoms with Gasteiger partial charge in [-0.25, -0.2) is 0 Å². The molecule has 5 heteroatoms. The van der Waals surface area contributed by atoms with Gasteiger partial charge in [0.25, 0.3) is 0 Å². The van der Waals surface area contributed by atoms with Gasteiger partial charge in [0.1, 0.15) is 0 Å². The molecule has 0 amide bonds. The van der Waals surface area contributed by atoms with Crippen molar-refractivity contribution in [2.24, 2.45) is 0 Å². The minimum atomic E-state index is 0.313. The second kappa shape index (κ2) is 8.97. The fourth-order valence-corrected chi connectivity index (χ4v) is 4.09. The van der Waals surface area contributed by atoms with Gasteiger partial charge in [-0.05, 0) is 68.7 Å². The molecule has 0 saturated heterocycles. The summed E-state index contributed by atoms with van der Waals surface area (Å²) < 4.78 is 2.30. The van der Waals surface area contributed by atoms with Crippen LogP contribution in [0.25, 0.3) is 10.9 Å². The third-order valence-electron chi connectivity index (χ3n) is 5.30. The van der Waals surface area contributed by atoms with Crippen molar-refractivity contribution >= 4 is 45.5 Å². The van der Waals surface area contributed by atoms with E-state index in [1.165, 1.54) is 16.5 Å². The van der Waals surface area contributed by atoms with Crippen molar-refractivity contribution in [3.05, 3.63) is 64.8 Å². The van der Waals surface area contributed by atoms with E-state index in [4.69, 9.17) is 23.8 Å². The van der Waals surface area contributed by atoms with Crippen LogP contribution in [0.4, 0.5) is 5.69 Å². The molecule has 0 saturated carbocycles. The number of fused-ring (bicyclic) bond motifs is 1. The molecule has 0 spiro atoms. The zero-order chi connectivity index (χ0) is 20.3. The quantitative estimate of drug-likeness (QED) is 0.458. The number of para-hydroxylation sites is 1. The van der Waals surface area contributed by atoms with E-state index in [-0.39, 0.29) is 0 Å². The number of nitrogens with zero attached hydrogens (tertiary/aromatic N) is 2. The number of aryl methyl sites for hydroxylation is 2. The van der Waals surface area contributed by atoms with Crippen molar-refractivity contribution < 1.29 is 0 Å². The first-order valence-electron chi connectivity index (χ1n) is 9.85.